The van der Waals surface area contributed by atoms with Crippen LogP contribution in [-0.4, -0.2) is 36.3 Å². The predicted octanol–water partition coefficient (Wildman–Crippen LogP) is 5.47. The molecule has 2 aromatic carbocycles. The summed E-state index contributed by atoms with van der Waals surface area (Å²) in [5.41, 5.74) is 3.18. The summed E-state index contributed by atoms with van der Waals surface area (Å²) in [6, 6.07) is 12.2. The SMILES string of the molecule is COCCN1C(=O)S/C(=C/c2cc(I)c(OCc3ccc(C)cc3)c(I)c2)C1=O. The maximum Gasteiger partial charge on any atom is 0.293 e. The van der Waals surface area contributed by atoms with Crippen LogP contribution in [0.2, 0.25) is 0 Å². The molecule has 0 aliphatic carbocycles. The van der Waals surface area contributed by atoms with E-state index in [4.69, 9.17) is 9.47 Å². The summed E-state index contributed by atoms with van der Waals surface area (Å²) < 4.78 is 12.9. The molecule has 0 N–H and O–H groups in total. The van der Waals surface area contributed by atoms with Gasteiger partial charge in [0.2, 0.25) is 0 Å². The summed E-state index contributed by atoms with van der Waals surface area (Å²) >= 11 is 5.43. The Morgan fingerprint density at radius 3 is 2.38 bits per heavy atom. The first-order chi connectivity index (χ1) is 13.9. The molecule has 1 heterocycles. The summed E-state index contributed by atoms with van der Waals surface area (Å²) in [7, 11) is 1.54. The van der Waals surface area contributed by atoms with E-state index < -0.39 is 0 Å². The second-order valence-corrected chi connectivity index (χ2v) is 9.73. The van der Waals surface area contributed by atoms with E-state index in [0.717, 1.165) is 35.8 Å². The molecule has 152 valence electrons. The maximum absolute atomic E-state index is 12.5. The van der Waals surface area contributed by atoms with Crippen LogP contribution < -0.4 is 4.74 Å². The fourth-order valence-corrected chi connectivity index (χ4v) is 5.66. The minimum atomic E-state index is -0.276. The Kier molecular flexibility index (Phi) is 7.99. The highest BCUT2D eigenvalue weighted by Crippen LogP contribution is 2.35. The number of halogens is 2. The lowest BCUT2D eigenvalue weighted by Gasteiger charge is -2.12. The van der Waals surface area contributed by atoms with E-state index in [0.29, 0.717) is 18.1 Å². The van der Waals surface area contributed by atoms with Crippen molar-refractivity contribution in [2.45, 2.75) is 13.5 Å². The highest BCUT2D eigenvalue weighted by molar-refractivity contribution is 14.1. The van der Waals surface area contributed by atoms with Gasteiger partial charge in [-0.25, -0.2) is 0 Å². The summed E-state index contributed by atoms with van der Waals surface area (Å²) in [5, 5.41) is -0.263. The summed E-state index contributed by atoms with van der Waals surface area (Å²) in [6.07, 6.45) is 1.76. The van der Waals surface area contributed by atoms with Crippen molar-refractivity contribution in [3.8, 4) is 5.75 Å². The molecule has 2 amide bonds. The molecule has 0 saturated carbocycles. The van der Waals surface area contributed by atoms with Gasteiger partial charge in [-0.15, -0.1) is 0 Å². The molecule has 0 bridgehead atoms. The number of rotatable bonds is 7. The highest BCUT2D eigenvalue weighted by Gasteiger charge is 2.34. The van der Waals surface area contributed by atoms with Crippen LogP contribution in [0.4, 0.5) is 4.79 Å². The molecule has 0 spiro atoms. The number of imide groups is 1. The van der Waals surface area contributed by atoms with E-state index in [2.05, 4.69) is 76.4 Å². The molecular formula is C21H19I2NO4S. The normalized spacial score (nSPS) is 15.4. The minimum absolute atomic E-state index is 0.263. The maximum atomic E-state index is 12.5. The van der Waals surface area contributed by atoms with Crippen molar-refractivity contribution in [1.82, 2.24) is 4.90 Å². The second kappa shape index (κ2) is 10.3. The lowest BCUT2D eigenvalue weighted by atomic mass is 10.1. The molecule has 1 saturated heterocycles. The lowest BCUT2D eigenvalue weighted by Crippen LogP contribution is -2.31. The number of hydrogen-bond acceptors (Lipinski definition) is 5. The first-order valence-electron chi connectivity index (χ1n) is 8.80. The number of methoxy groups -OCH3 is 1. The fraction of sp³-hybridized carbons (Fsp3) is 0.238. The number of ether oxygens (including phenoxy) is 2. The monoisotopic (exact) mass is 635 g/mol. The van der Waals surface area contributed by atoms with Crippen LogP contribution in [0, 0.1) is 14.1 Å². The van der Waals surface area contributed by atoms with Gasteiger partial charge in [0.25, 0.3) is 11.1 Å². The molecule has 3 rings (SSSR count). The molecule has 0 atom stereocenters. The minimum Gasteiger partial charge on any atom is -0.487 e. The smallest absolute Gasteiger partial charge is 0.293 e. The Morgan fingerprint density at radius 1 is 1.10 bits per heavy atom. The zero-order chi connectivity index (χ0) is 21.0. The first-order valence-corrected chi connectivity index (χ1v) is 11.8. The number of benzene rings is 2. The third kappa shape index (κ3) is 5.74. The number of carbonyl (C=O) groups is 2. The van der Waals surface area contributed by atoms with Gasteiger partial charge in [-0.3, -0.25) is 14.5 Å². The number of hydrogen-bond donors (Lipinski definition) is 0. The van der Waals surface area contributed by atoms with Crippen molar-refractivity contribution in [3.63, 3.8) is 0 Å². The van der Waals surface area contributed by atoms with Gasteiger partial charge in [-0.1, -0.05) is 29.8 Å². The Morgan fingerprint density at radius 2 is 1.76 bits per heavy atom. The summed E-state index contributed by atoms with van der Waals surface area (Å²) in [5.74, 6) is 0.541. The molecule has 5 nitrogen and oxygen atoms in total. The molecule has 8 heteroatoms. The van der Waals surface area contributed by atoms with Crippen LogP contribution in [0.5, 0.6) is 5.75 Å². The third-order valence-corrected chi connectivity index (χ3v) is 6.72. The van der Waals surface area contributed by atoms with Crippen LogP contribution in [0.3, 0.4) is 0 Å². The van der Waals surface area contributed by atoms with Crippen molar-refractivity contribution in [1.29, 1.82) is 0 Å². The Hall–Kier alpha value is -1.11. The molecule has 1 aliphatic rings. The topological polar surface area (TPSA) is 55.8 Å². The number of thioether (sulfide) groups is 1. The fourth-order valence-electron chi connectivity index (χ4n) is 2.67. The molecule has 0 unspecified atom stereocenters. The molecule has 29 heavy (non-hydrogen) atoms. The Bertz CT molecular complexity index is 937. The highest BCUT2D eigenvalue weighted by atomic mass is 127. The van der Waals surface area contributed by atoms with Crippen LogP contribution in [-0.2, 0) is 16.1 Å². The summed E-state index contributed by atoms with van der Waals surface area (Å²) in [6.45, 7) is 3.14. The van der Waals surface area contributed by atoms with Gasteiger partial charge in [0.05, 0.1) is 25.2 Å². The van der Waals surface area contributed by atoms with E-state index in [9.17, 15) is 9.59 Å². The Labute approximate surface area is 201 Å². The van der Waals surface area contributed by atoms with E-state index in [1.165, 1.54) is 10.5 Å². The van der Waals surface area contributed by atoms with Crippen molar-refractivity contribution in [3.05, 3.63) is 65.1 Å². The molecular weight excluding hydrogens is 616 g/mol. The van der Waals surface area contributed by atoms with Gasteiger partial charge in [-0.2, -0.15) is 0 Å². The molecule has 1 fully saturated rings. The zero-order valence-electron chi connectivity index (χ0n) is 15.9. The van der Waals surface area contributed by atoms with Crippen LogP contribution in [0.1, 0.15) is 16.7 Å². The molecule has 1 aliphatic heterocycles. The van der Waals surface area contributed by atoms with Crippen LogP contribution in [0.15, 0.2) is 41.3 Å². The standard InChI is InChI=1S/C21H19I2NO4S/c1-13-3-5-14(6-4-13)12-28-19-16(22)9-15(10-17(19)23)11-18-20(25)24(7-8-27-2)21(26)29-18/h3-6,9-11H,7-8,12H2,1-2H3/b18-11+. The van der Waals surface area contributed by atoms with Crippen molar-refractivity contribution < 1.29 is 19.1 Å². The van der Waals surface area contributed by atoms with E-state index in [-0.39, 0.29) is 17.7 Å². The van der Waals surface area contributed by atoms with Crippen LogP contribution in [0.25, 0.3) is 6.08 Å². The van der Waals surface area contributed by atoms with Gasteiger partial charge in [-0.05, 0) is 93.2 Å². The van der Waals surface area contributed by atoms with Crippen molar-refractivity contribution in [2.24, 2.45) is 0 Å². The molecule has 0 radical (unpaired) electrons. The van der Waals surface area contributed by atoms with E-state index in [1.54, 1.807) is 13.2 Å². The van der Waals surface area contributed by atoms with Gasteiger partial charge in [0.15, 0.2) is 0 Å². The Balaban J connectivity index is 1.75. The van der Waals surface area contributed by atoms with E-state index >= 15 is 0 Å². The third-order valence-electron chi connectivity index (χ3n) is 4.21. The number of aryl methyl sites for hydroxylation is 1. The summed E-state index contributed by atoms with van der Waals surface area (Å²) in [4.78, 5) is 26.2. The van der Waals surface area contributed by atoms with Gasteiger partial charge < -0.3 is 9.47 Å². The van der Waals surface area contributed by atoms with Gasteiger partial charge in [0.1, 0.15) is 12.4 Å². The molecule has 0 aromatic heterocycles. The lowest BCUT2D eigenvalue weighted by molar-refractivity contribution is -0.123. The van der Waals surface area contributed by atoms with E-state index in [1.807, 2.05) is 12.1 Å². The van der Waals surface area contributed by atoms with Crippen molar-refractivity contribution >= 4 is 74.2 Å². The number of nitrogens with zero attached hydrogens (tertiary/aromatic N) is 1. The van der Waals surface area contributed by atoms with Crippen LogP contribution >= 0.6 is 56.9 Å². The van der Waals surface area contributed by atoms with Gasteiger partial charge >= 0.3 is 0 Å². The average Bonchev–Trinajstić information content (AvgIpc) is 2.94. The molecule has 2 aromatic rings. The zero-order valence-corrected chi connectivity index (χ0v) is 21.0. The average molecular weight is 635 g/mol. The largest absolute Gasteiger partial charge is 0.487 e. The quantitative estimate of drug-likeness (QED) is 0.299. The number of amides is 2. The first kappa shape index (κ1) is 22.6. The second-order valence-electron chi connectivity index (χ2n) is 6.41. The van der Waals surface area contributed by atoms with Gasteiger partial charge in [0, 0.05) is 7.11 Å². The predicted molar refractivity (Wildman–Crippen MR) is 132 cm³/mol. The van der Waals surface area contributed by atoms with Crippen molar-refractivity contribution in [2.75, 3.05) is 20.3 Å². The number of carbonyl (C=O) groups excluding carboxylic acids is 2.